The molecule has 0 bridgehead atoms. The third-order valence-corrected chi connectivity index (χ3v) is 5.68. The summed E-state index contributed by atoms with van der Waals surface area (Å²) in [5.41, 5.74) is 1.65. The van der Waals surface area contributed by atoms with Gasteiger partial charge in [0.05, 0.1) is 30.6 Å². The van der Waals surface area contributed by atoms with Crippen LogP contribution in [0.25, 0.3) is 10.9 Å². The van der Waals surface area contributed by atoms with Gasteiger partial charge < -0.3 is 14.4 Å². The summed E-state index contributed by atoms with van der Waals surface area (Å²) in [5.74, 6) is 0.435. The van der Waals surface area contributed by atoms with Gasteiger partial charge in [-0.2, -0.15) is 0 Å². The van der Waals surface area contributed by atoms with Crippen molar-refractivity contribution < 1.29 is 13.6 Å². The van der Waals surface area contributed by atoms with E-state index in [1.807, 2.05) is 30.3 Å². The van der Waals surface area contributed by atoms with Gasteiger partial charge in [-0.15, -0.1) is 0 Å². The Morgan fingerprint density at radius 1 is 1.04 bits per heavy atom. The normalized spacial score (nSPS) is 11.6. The lowest BCUT2D eigenvalue weighted by molar-refractivity contribution is 0.230. The molecule has 0 aliphatic heterocycles. The van der Waals surface area contributed by atoms with Crippen LogP contribution in [0.4, 0.5) is 11.5 Å². The Morgan fingerprint density at radius 3 is 2.56 bits per heavy atom. The number of nitrogens with one attached hydrogen (secondary N) is 1. The van der Waals surface area contributed by atoms with Crippen LogP contribution in [0.2, 0.25) is 0 Å². The molecule has 0 aliphatic rings. The van der Waals surface area contributed by atoms with Gasteiger partial charge in [-0.25, -0.2) is 4.98 Å². The van der Waals surface area contributed by atoms with Gasteiger partial charge in [-0.3, -0.25) is 9.55 Å². The predicted molar refractivity (Wildman–Crippen MR) is 99.8 cm³/mol. The van der Waals surface area contributed by atoms with Crippen LogP contribution in [0.3, 0.4) is 0 Å². The van der Waals surface area contributed by atoms with Crippen molar-refractivity contribution in [3.63, 3.8) is 0 Å². The molecular formula is C18H20N3O3P. The van der Waals surface area contributed by atoms with Crippen molar-refractivity contribution in [3.05, 3.63) is 54.9 Å². The zero-order valence-electron chi connectivity index (χ0n) is 14.2. The van der Waals surface area contributed by atoms with Crippen LogP contribution < -0.4 is 10.6 Å². The molecule has 130 valence electrons. The van der Waals surface area contributed by atoms with Gasteiger partial charge >= 0.3 is 7.60 Å². The molecule has 2 heterocycles. The molecule has 0 saturated heterocycles. The highest BCUT2D eigenvalue weighted by Crippen LogP contribution is 2.48. The highest BCUT2D eigenvalue weighted by atomic mass is 31.2. The molecule has 1 N–H and O–H groups in total. The summed E-state index contributed by atoms with van der Waals surface area (Å²) in [6, 6.07) is 13.2. The Balaban J connectivity index is 1.98. The molecule has 3 rings (SSSR count). The van der Waals surface area contributed by atoms with Crippen LogP contribution in [0.5, 0.6) is 0 Å². The van der Waals surface area contributed by atoms with Crippen LogP contribution >= 0.6 is 7.60 Å². The largest absolute Gasteiger partial charge is 0.365 e. The molecular weight excluding hydrogens is 337 g/mol. The predicted octanol–water partition coefficient (Wildman–Crippen LogP) is 4.26. The Labute approximate surface area is 146 Å². The second kappa shape index (κ2) is 7.74. The van der Waals surface area contributed by atoms with Crippen molar-refractivity contribution in [1.29, 1.82) is 0 Å². The molecule has 0 aliphatic carbocycles. The minimum absolute atomic E-state index is 0.281. The first-order valence-corrected chi connectivity index (χ1v) is 9.67. The molecule has 6 nitrogen and oxygen atoms in total. The summed E-state index contributed by atoms with van der Waals surface area (Å²) in [6.45, 7) is 4.12. The van der Waals surface area contributed by atoms with Crippen molar-refractivity contribution in [3.8, 4) is 0 Å². The van der Waals surface area contributed by atoms with E-state index < -0.39 is 7.60 Å². The molecule has 1 aromatic carbocycles. The summed E-state index contributed by atoms with van der Waals surface area (Å²) >= 11 is 0. The van der Waals surface area contributed by atoms with Gasteiger partial charge in [-0.05, 0) is 38.1 Å². The first kappa shape index (κ1) is 17.5. The molecule has 0 amide bonds. The third-order valence-electron chi connectivity index (χ3n) is 3.53. The zero-order chi connectivity index (χ0) is 17.7. The molecule has 0 saturated carbocycles. The number of anilines is 2. The average Bonchev–Trinajstić information content (AvgIpc) is 2.62. The molecule has 2 aromatic heterocycles. The van der Waals surface area contributed by atoms with Gasteiger partial charge in [0.15, 0.2) is 0 Å². The SMILES string of the molecule is CCOP(=O)(OCC)c1cccnc1Nc1cnc2ccccc2c1. The maximum absolute atomic E-state index is 13.1. The second-order valence-electron chi connectivity index (χ2n) is 5.25. The maximum atomic E-state index is 13.1. The van der Waals surface area contributed by atoms with E-state index in [0.717, 1.165) is 16.6 Å². The summed E-state index contributed by atoms with van der Waals surface area (Å²) in [5, 5.41) is 4.59. The summed E-state index contributed by atoms with van der Waals surface area (Å²) in [6.07, 6.45) is 3.34. The van der Waals surface area contributed by atoms with E-state index in [2.05, 4.69) is 15.3 Å². The van der Waals surface area contributed by atoms with Gasteiger partial charge in [0.25, 0.3) is 0 Å². The quantitative estimate of drug-likeness (QED) is 0.637. The molecule has 0 radical (unpaired) electrons. The standard InChI is InChI=1S/C18H20N3O3P/c1-3-23-25(22,24-4-2)17-10-7-11-19-18(17)21-15-12-14-8-5-6-9-16(14)20-13-15/h5-13H,3-4H2,1-2H3,(H,19,21). The fourth-order valence-corrected chi connectivity index (χ4v) is 4.18. The van der Waals surface area contributed by atoms with Crippen LogP contribution in [0.1, 0.15) is 13.8 Å². The molecule has 0 atom stereocenters. The molecule has 0 unspecified atom stereocenters. The Hall–Kier alpha value is -2.27. The Kier molecular flexibility index (Phi) is 5.43. The Bertz CT molecular complexity index is 907. The number of nitrogens with zero attached hydrogens (tertiary/aromatic N) is 2. The number of pyridine rings is 2. The minimum atomic E-state index is -3.44. The van der Waals surface area contributed by atoms with E-state index >= 15 is 0 Å². The summed E-state index contributed by atoms with van der Waals surface area (Å²) in [7, 11) is -3.44. The van der Waals surface area contributed by atoms with Crippen molar-refractivity contribution in [1.82, 2.24) is 9.97 Å². The molecule has 3 aromatic rings. The van der Waals surface area contributed by atoms with Gasteiger partial charge in [-0.1, -0.05) is 18.2 Å². The fourth-order valence-electron chi connectivity index (χ4n) is 2.51. The van der Waals surface area contributed by atoms with E-state index in [-0.39, 0.29) is 13.2 Å². The lowest BCUT2D eigenvalue weighted by Gasteiger charge is -2.19. The second-order valence-corrected chi connectivity index (χ2v) is 7.24. The molecule has 0 fully saturated rings. The number of hydrogen-bond acceptors (Lipinski definition) is 6. The first-order valence-electron chi connectivity index (χ1n) is 8.13. The number of hydrogen-bond donors (Lipinski definition) is 1. The monoisotopic (exact) mass is 357 g/mol. The van der Waals surface area contributed by atoms with Crippen LogP contribution in [-0.2, 0) is 13.6 Å². The number of rotatable bonds is 7. The zero-order valence-corrected chi connectivity index (χ0v) is 15.1. The summed E-state index contributed by atoms with van der Waals surface area (Å²) < 4.78 is 24.0. The minimum Gasteiger partial charge on any atom is -0.338 e. The van der Waals surface area contributed by atoms with Gasteiger partial charge in [0, 0.05) is 11.6 Å². The lowest BCUT2D eigenvalue weighted by atomic mass is 10.2. The number of fused-ring (bicyclic) bond motifs is 1. The topological polar surface area (TPSA) is 73.3 Å². The number of benzene rings is 1. The third kappa shape index (κ3) is 3.87. The highest BCUT2D eigenvalue weighted by Gasteiger charge is 2.30. The van der Waals surface area contributed by atoms with E-state index in [9.17, 15) is 4.57 Å². The van der Waals surface area contributed by atoms with E-state index in [0.29, 0.717) is 11.1 Å². The van der Waals surface area contributed by atoms with Crippen molar-refractivity contribution >= 4 is 35.3 Å². The van der Waals surface area contributed by atoms with E-state index in [4.69, 9.17) is 9.05 Å². The maximum Gasteiger partial charge on any atom is 0.365 e. The lowest BCUT2D eigenvalue weighted by Crippen LogP contribution is -2.16. The fraction of sp³-hybridized carbons (Fsp3) is 0.222. The average molecular weight is 357 g/mol. The van der Waals surface area contributed by atoms with Crippen LogP contribution in [0, 0.1) is 0 Å². The van der Waals surface area contributed by atoms with Crippen molar-refractivity contribution in [2.45, 2.75) is 13.8 Å². The van der Waals surface area contributed by atoms with E-state index in [1.54, 1.807) is 38.4 Å². The van der Waals surface area contributed by atoms with E-state index in [1.165, 1.54) is 0 Å². The number of para-hydroxylation sites is 1. The molecule has 7 heteroatoms. The van der Waals surface area contributed by atoms with Crippen molar-refractivity contribution in [2.24, 2.45) is 0 Å². The van der Waals surface area contributed by atoms with Gasteiger partial charge in [0.2, 0.25) is 0 Å². The van der Waals surface area contributed by atoms with Crippen LogP contribution in [-0.4, -0.2) is 23.2 Å². The van der Waals surface area contributed by atoms with Gasteiger partial charge in [0.1, 0.15) is 11.1 Å². The smallest absolute Gasteiger partial charge is 0.338 e. The highest BCUT2D eigenvalue weighted by molar-refractivity contribution is 7.62. The molecule has 25 heavy (non-hydrogen) atoms. The first-order chi connectivity index (χ1) is 12.2. The number of aromatic nitrogens is 2. The molecule has 0 spiro atoms. The van der Waals surface area contributed by atoms with Crippen molar-refractivity contribution in [2.75, 3.05) is 18.5 Å². The Morgan fingerprint density at radius 2 is 1.80 bits per heavy atom. The summed E-state index contributed by atoms with van der Waals surface area (Å²) in [4.78, 5) is 8.73. The van der Waals surface area contributed by atoms with Crippen LogP contribution in [0.15, 0.2) is 54.9 Å².